The van der Waals surface area contributed by atoms with Crippen LogP contribution in [0, 0.1) is 17.2 Å². The SMILES string of the molecule is CCOC(=O)c1cc2n(c1)CCCC(C#N)C2=O. The molecule has 0 saturated heterocycles. The summed E-state index contributed by atoms with van der Waals surface area (Å²) in [7, 11) is 0. The Morgan fingerprint density at radius 3 is 3.11 bits per heavy atom. The van der Waals surface area contributed by atoms with Crippen LogP contribution >= 0.6 is 0 Å². The van der Waals surface area contributed by atoms with Crippen molar-refractivity contribution in [1.29, 1.82) is 5.26 Å². The number of carbonyl (C=O) groups is 2. The molecule has 1 aliphatic rings. The summed E-state index contributed by atoms with van der Waals surface area (Å²) in [5.74, 6) is -1.24. The summed E-state index contributed by atoms with van der Waals surface area (Å²) >= 11 is 0. The third kappa shape index (κ3) is 2.14. The number of nitrogens with zero attached hydrogens (tertiary/aromatic N) is 2. The quantitative estimate of drug-likeness (QED) is 0.746. The second-order valence-corrected chi connectivity index (χ2v) is 4.22. The minimum Gasteiger partial charge on any atom is -0.462 e. The van der Waals surface area contributed by atoms with Gasteiger partial charge in [-0.05, 0) is 25.8 Å². The highest BCUT2D eigenvalue weighted by Gasteiger charge is 2.27. The fourth-order valence-corrected chi connectivity index (χ4v) is 2.13. The summed E-state index contributed by atoms with van der Waals surface area (Å²) in [4.78, 5) is 23.7. The molecular formula is C13H14N2O3. The maximum Gasteiger partial charge on any atom is 0.339 e. The molecule has 1 aliphatic heterocycles. The van der Waals surface area contributed by atoms with Crippen LogP contribution in [0.3, 0.4) is 0 Å². The first kappa shape index (κ1) is 12.4. The number of esters is 1. The largest absolute Gasteiger partial charge is 0.462 e. The van der Waals surface area contributed by atoms with E-state index < -0.39 is 11.9 Å². The van der Waals surface area contributed by atoms with Gasteiger partial charge in [-0.2, -0.15) is 5.26 Å². The second-order valence-electron chi connectivity index (χ2n) is 4.22. The van der Waals surface area contributed by atoms with Crippen LogP contribution in [0.1, 0.15) is 40.6 Å². The second kappa shape index (κ2) is 5.05. The Bertz CT molecular complexity index is 525. The molecule has 2 heterocycles. The number of ether oxygens (including phenoxy) is 1. The average Bonchev–Trinajstić information content (AvgIpc) is 2.72. The van der Waals surface area contributed by atoms with Crippen LogP contribution in [0.25, 0.3) is 0 Å². The molecule has 0 aromatic carbocycles. The lowest BCUT2D eigenvalue weighted by Gasteiger charge is -2.02. The van der Waals surface area contributed by atoms with E-state index >= 15 is 0 Å². The van der Waals surface area contributed by atoms with Gasteiger partial charge < -0.3 is 9.30 Å². The molecular weight excluding hydrogens is 232 g/mol. The molecule has 0 bridgehead atoms. The van der Waals surface area contributed by atoms with Gasteiger partial charge in [0.05, 0.1) is 23.9 Å². The Morgan fingerprint density at radius 2 is 2.44 bits per heavy atom. The summed E-state index contributed by atoms with van der Waals surface area (Å²) in [5, 5.41) is 8.94. The number of carbonyl (C=O) groups excluding carboxylic acids is 2. The Labute approximate surface area is 105 Å². The van der Waals surface area contributed by atoms with Gasteiger partial charge >= 0.3 is 5.97 Å². The summed E-state index contributed by atoms with van der Waals surface area (Å²) in [6.45, 7) is 2.68. The van der Waals surface area contributed by atoms with E-state index in [1.54, 1.807) is 17.7 Å². The average molecular weight is 246 g/mol. The van der Waals surface area contributed by atoms with E-state index in [-0.39, 0.29) is 5.78 Å². The molecule has 94 valence electrons. The van der Waals surface area contributed by atoms with Crippen LogP contribution in [0.4, 0.5) is 0 Å². The fraction of sp³-hybridized carbons (Fsp3) is 0.462. The zero-order valence-electron chi connectivity index (χ0n) is 10.2. The summed E-state index contributed by atoms with van der Waals surface area (Å²) in [5.41, 5.74) is 0.806. The predicted molar refractivity (Wildman–Crippen MR) is 63.1 cm³/mol. The van der Waals surface area contributed by atoms with Gasteiger partial charge in [-0.25, -0.2) is 4.79 Å². The van der Waals surface area contributed by atoms with Crippen molar-refractivity contribution >= 4 is 11.8 Å². The molecule has 1 aromatic heterocycles. The van der Waals surface area contributed by atoms with E-state index in [9.17, 15) is 9.59 Å². The molecule has 1 unspecified atom stereocenters. The van der Waals surface area contributed by atoms with Crippen LogP contribution in [0.15, 0.2) is 12.3 Å². The smallest absolute Gasteiger partial charge is 0.339 e. The number of Topliss-reactive ketones (excluding diaryl/α,β-unsaturated/α-hetero) is 1. The first-order valence-electron chi connectivity index (χ1n) is 5.98. The topological polar surface area (TPSA) is 72.1 Å². The molecule has 18 heavy (non-hydrogen) atoms. The summed E-state index contributed by atoms with van der Waals surface area (Å²) in [6, 6.07) is 3.54. The molecule has 0 radical (unpaired) electrons. The van der Waals surface area contributed by atoms with Crippen molar-refractivity contribution in [3.63, 3.8) is 0 Å². The third-order valence-corrected chi connectivity index (χ3v) is 3.02. The molecule has 2 rings (SSSR count). The number of fused-ring (bicyclic) bond motifs is 1. The van der Waals surface area contributed by atoms with Crippen LogP contribution in [0.2, 0.25) is 0 Å². The van der Waals surface area contributed by atoms with Crippen LogP contribution in [0.5, 0.6) is 0 Å². The van der Waals surface area contributed by atoms with E-state index in [4.69, 9.17) is 10.00 Å². The number of aromatic nitrogens is 1. The number of hydrogen-bond acceptors (Lipinski definition) is 4. The monoisotopic (exact) mass is 246 g/mol. The van der Waals surface area contributed by atoms with Crippen molar-refractivity contribution in [2.75, 3.05) is 6.61 Å². The van der Waals surface area contributed by atoms with E-state index in [2.05, 4.69) is 0 Å². The van der Waals surface area contributed by atoms with Crippen molar-refractivity contribution in [1.82, 2.24) is 4.57 Å². The lowest BCUT2D eigenvalue weighted by molar-refractivity contribution is 0.0526. The number of ketones is 1. The number of hydrogen-bond donors (Lipinski definition) is 0. The molecule has 0 aliphatic carbocycles. The van der Waals surface area contributed by atoms with Crippen molar-refractivity contribution < 1.29 is 14.3 Å². The predicted octanol–water partition coefficient (Wildman–Crippen LogP) is 1.78. The normalized spacial score (nSPS) is 18.7. The maximum atomic E-state index is 12.1. The lowest BCUT2D eigenvalue weighted by Crippen LogP contribution is -2.12. The van der Waals surface area contributed by atoms with Crippen molar-refractivity contribution in [3.05, 3.63) is 23.5 Å². The van der Waals surface area contributed by atoms with Crippen molar-refractivity contribution in [2.24, 2.45) is 5.92 Å². The first-order valence-corrected chi connectivity index (χ1v) is 5.98. The molecule has 5 nitrogen and oxygen atoms in total. The standard InChI is InChI=1S/C13H14N2O3/c1-2-18-13(17)10-6-11-12(16)9(7-14)4-3-5-15(11)8-10/h6,8-9H,2-5H2,1H3. The van der Waals surface area contributed by atoms with E-state index in [0.717, 1.165) is 6.42 Å². The van der Waals surface area contributed by atoms with Gasteiger partial charge in [-0.1, -0.05) is 0 Å². The van der Waals surface area contributed by atoms with Gasteiger partial charge in [-0.15, -0.1) is 0 Å². The van der Waals surface area contributed by atoms with Crippen molar-refractivity contribution in [2.45, 2.75) is 26.3 Å². The Kier molecular flexibility index (Phi) is 3.47. The molecule has 0 N–H and O–H groups in total. The fourth-order valence-electron chi connectivity index (χ4n) is 2.13. The highest BCUT2D eigenvalue weighted by molar-refractivity contribution is 6.01. The van der Waals surface area contributed by atoms with Gasteiger partial charge in [0.15, 0.2) is 5.78 Å². The minimum absolute atomic E-state index is 0.203. The number of nitriles is 1. The lowest BCUT2D eigenvalue weighted by atomic mass is 9.99. The maximum absolute atomic E-state index is 12.1. The zero-order valence-corrected chi connectivity index (χ0v) is 10.2. The zero-order chi connectivity index (χ0) is 13.1. The first-order chi connectivity index (χ1) is 8.67. The van der Waals surface area contributed by atoms with Crippen LogP contribution in [-0.4, -0.2) is 22.9 Å². The highest BCUT2D eigenvalue weighted by atomic mass is 16.5. The summed E-state index contributed by atoms with van der Waals surface area (Å²) in [6.07, 6.45) is 2.96. The molecule has 1 atom stereocenters. The van der Waals surface area contributed by atoms with Crippen LogP contribution in [-0.2, 0) is 11.3 Å². The third-order valence-electron chi connectivity index (χ3n) is 3.02. The van der Waals surface area contributed by atoms with Gasteiger partial charge in [0.25, 0.3) is 0 Å². The van der Waals surface area contributed by atoms with Gasteiger partial charge in [0.1, 0.15) is 5.92 Å². The van der Waals surface area contributed by atoms with E-state index in [1.807, 2.05) is 6.07 Å². The van der Waals surface area contributed by atoms with Gasteiger partial charge in [0, 0.05) is 12.7 Å². The molecule has 0 amide bonds. The Balaban J connectivity index is 2.34. The molecule has 0 spiro atoms. The highest BCUT2D eigenvalue weighted by Crippen LogP contribution is 2.22. The molecule has 0 saturated carbocycles. The number of rotatable bonds is 2. The minimum atomic E-state index is -0.601. The van der Waals surface area contributed by atoms with E-state index in [1.165, 1.54) is 6.07 Å². The Morgan fingerprint density at radius 1 is 1.67 bits per heavy atom. The molecule has 0 fully saturated rings. The Hall–Kier alpha value is -2.09. The van der Waals surface area contributed by atoms with Gasteiger partial charge in [-0.3, -0.25) is 4.79 Å². The molecule has 1 aromatic rings. The molecule has 5 heteroatoms. The number of aryl methyl sites for hydroxylation is 1. The van der Waals surface area contributed by atoms with E-state index in [0.29, 0.717) is 30.8 Å². The summed E-state index contributed by atoms with van der Waals surface area (Å²) < 4.78 is 6.64. The van der Waals surface area contributed by atoms with Gasteiger partial charge in [0.2, 0.25) is 0 Å². The van der Waals surface area contributed by atoms with Crippen LogP contribution < -0.4 is 0 Å². The van der Waals surface area contributed by atoms with Crippen molar-refractivity contribution in [3.8, 4) is 6.07 Å².